The van der Waals surface area contributed by atoms with Gasteiger partial charge in [-0.3, -0.25) is 4.79 Å². The first-order valence-corrected chi connectivity index (χ1v) is 3.51. The Balaban J connectivity index is 3.31. The molecule has 0 aliphatic rings. The van der Waals surface area contributed by atoms with Crippen molar-refractivity contribution in [3.05, 3.63) is 27.5 Å². The lowest BCUT2D eigenvalue weighted by Gasteiger charge is -2.10. The van der Waals surface area contributed by atoms with E-state index < -0.39 is 11.4 Å². The molecule has 68 valence electrons. The minimum atomic E-state index is -0.665. The van der Waals surface area contributed by atoms with Gasteiger partial charge in [0.25, 0.3) is 0 Å². The fraction of sp³-hybridized carbons (Fsp3) is 0.250. The van der Waals surface area contributed by atoms with Gasteiger partial charge >= 0.3 is 0 Å². The fourth-order valence-electron chi connectivity index (χ4n) is 0.979. The van der Waals surface area contributed by atoms with Crippen molar-refractivity contribution in [2.75, 3.05) is 7.11 Å². The van der Waals surface area contributed by atoms with Crippen molar-refractivity contribution in [3.8, 4) is 11.9 Å². The van der Waals surface area contributed by atoms with E-state index in [1.54, 1.807) is 6.07 Å². The predicted molar refractivity (Wildman–Crippen MR) is 41.9 cm³/mol. The van der Waals surface area contributed by atoms with Crippen molar-refractivity contribution >= 4 is 0 Å². The van der Waals surface area contributed by atoms with Crippen LogP contribution in [0, 0.1) is 11.3 Å². The number of methoxy groups -OCH3 is 1. The molecule has 0 aliphatic carbocycles. The number of nitrogens with one attached hydrogen (secondary N) is 1. The highest BCUT2D eigenvalue weighted by atomic mass is 16.5. The van der Waals surface area contributed by atoms with E-state index in [-0.39, 0.29) is 12.2 Å². The van der Waals surface area contributed by atoms with E-state index in [1.165, 1.54) is 13.2 Å². The van der Waals surface area contributed by atoms with E-state index in [1.807, 2.05) is 4.98 Å². The molecule has 0 unspecified atom stereocenters. The first-order chi connectivity index (χ1) is 6.19. The highest BCUT2D eigenvalue weighted by molar-refractivity contribution is 5.42. The van der Waals surface area contributed by atoms with Crippen LogP contribution < -0.4 is 10.7 Å². The van der Waals surface area contributed by atoms with Crippen LogP contribution in [0.1, 0.15) is 11.1 Å². The van der Waals surface area contributed by atoms with Crippen LogP contribution in [0.25, 0.3) is 0 Å². The van der Waals surface area contributed by atoms with Crippen molar-refractivity contribution in [2.24, 2.45) is 0 Å². The Morgan fingerprint density at radius 1 is 1.77 bits per heavy atom. The van der Waals surface area contributed by atoms with Gasteiger partial charge < -0.3 is 14.8 Å². The van der Waals surface area contributed by atoms with Crippen LogP contribution in [0.2, 0.25) is 0 Å². The maximum Gasteiger partial charge on any atom is 0.247 e. The lowest BCUT2D eigenvalue weighted by atomic mass is 10.1. The summed E-state index contributed by atoms with van der Waals surface area (Å²) >= 11 is 0. The molecule has 1 aromatic heterocycles. The number of rotatable bonds is 2. The van der Waals surface area contributed by atoms with E-state index in [4.69, 9.17) is 10.00 Å². The standard InChI is InChI=1S/C8H8N2O3/c1-13-4-5-2-7(11)10-8(12)6(5)3-9/h2H,4H2,1H3,(H2,10,11,12)/p-1. The Morgan fingerprint density at radius 2 is 2.46 bits per heavy atom. The smallest absolute Gasteiger partial charge is 0.247 e. The van der Waals surface area contributed by atoms with Gasteiger partial charge in [-0.05, 0) is 5.88 Å². The number of nitriles is 1. The minimum absolute atomic E-state index is 0.0681. The average Bonchev–Trinajstić information content (AvgIpc) is 2.04. The maximum atomic E-state index is 11.0. The molecule has 0 bridgehead atoms. The number of H-pyrrole nitrogens is 1. The third-order valence-electron chi connectivity index (χ3n) is 1.50. The monoisotopic (exact) mass is 179 g/mol. The van der Waals surface area contributed by atoms with Crippen LogP contribution in [0.5, 0.6) is 5.88 Å². The Hall–Kier alpha value is -1.80. The summed E-state index contributed by atoms with van der Waals surface area (Å²) in [6.45, 7) is 0.0854. The topological polar surface area (TPSA) is 88.9 Å². The van der Waals surface area contributed by atoms with Gasteiger partial charge in [0.1, 0.15) is 6.07 Å². The number of aromatic nitrogens is 1. The van der Waals surface area contributed by atoms with Crippen LogP contribution in [0.4, 0.5) is 0 Å². The summed E-state index contributed by atoms with van der Waals surface area (Å²) in [5.41, 5.74) is -0.267. The molecule has 1 N–H and O–H groups in total. The van der Waals surface area contributed by atoms with Gasteiger partial charge in [0, 0.05) is 18.7 Å². The van der Waals surface area contributed by atoms with Gasteiger partial charge in [-0.2, -0.15) is 5.26 Å². The lowest BCUT2D eigenvalue weighted by Crippen LogP contribution is -2.13. The summed E-state index contributed by atoms with van der Waals surface area (Å²) in [7, 11) is 1.42. The zero-order valence-corrected chi connectivity index (χ0v) is 6.96. The average molecular weight is 179 g/mol. The van der Waals surface area contributed by atoms with Gasteiger partial charge in [-0.15, -0.1) is 0 Å². The van der Waals surface area contributed by atoms with E-state index in [0.717, 1.165) is 0 Å². The molecule has 1 aromatic rings. The number of aromatic amines is 1. The van der Waals surface area contributed by atoms with Crippen LogP contribution in [0.15, 0.2) is 10.9 Å². The third-order valence-corrected chi connectivity index (χ3v) is 1.50. The molecule has 5 heteroatoms. The second-order valence-corrected chi connectivity index (χ2v) is 2.41. The van der Waals surface area contributed by atoms with Gasteiger partial charge in [0.05, 0.1) is 12.2 Å². The summed E-state index contributed by atoms with van der Waals surface area (Å²) in [4.78, 5) is 12.8. The van der Waals surface area contributed by atoms with E-state index >= 15 is 0 Å². The molecule has 5 nitrogen and oxygen atoms in total. The SMILES string of the molecule is COCc1cc(=O)[nH]c([O-])c1C#N. The summed E-state index contributed by atoms with van der Waals surface area (Å²) in [5, 5.41) is 19.6. The number of nitrogens with zero attached hydrogens (tertiary/aromatic N) is 1. The number of hydrogen-bond acceptors (Lipinski definition) is 4. The molecule has 0 aliphatic heterocycles. The van der Waals surface area contributed by atoms with Crippen molar-refractivity contribution in [2.45, 2.75) is 6.61 Å². The fourth-order valence-corrected chi connectivity index (χ4v) is 0.979. The Kier molecular flexibility index (Phi) is 2.67. The number of hydrogen-bond donors (Lipinski definition) is 1. The molecule has 0 amide bonds. The molecule has 0 atom stereocenters. The van der Waals surface area contributed by atoms with Crippen molar-refractivity contribution in [1.82, 2.24) is 4.98 Å². The van der Waals surface area contributed by atoms with Gasteiger partial charge in [0.15, 0.2) is 0 Å². The number of ether oxygens (including phenoxy) is 1. The van der Waals surface area contributed by atoms with E-state index in [2.05, 4.69) is 0 Å². The summed E-state index contributed by atoms with van der Waals surface area (Å²) in [5.74, 6) is -0.665. The normalized spacial score (nSPS) is 9.54. The molecule has 0 spiro atoms. The molecular weight excluding hydrogens is 172 g/mol. The van der Waals surface area contributed by atoms with E-state index in [9.17, 15) is 9.90 Å². The second-order valence-electron chi connectivity index (χ2n) is 2.41. The lowest BCUT2D eigenvalue weighted by molar-refractivity contribution is -0.275. The zero-order chi connectivity index (χ0) is 9.84. The molecule has 0 aromatic carbocycles. The molecular formula is C8H7N2O3-. The summed E-state index contributed by atoms with van der Waals surface area (Å²) < 4.78 is 4.74. The molecule has 1 rings (SSSR count). The maximum absolute atomic E-state index is 11.0. The Bertz CT molecular complexity index is 403. The third kappa shape index (κ3) is 1.86. The molecule has 0 saturated carbocycles. The highest BCUT2D eigenvalue weighted by Crippen LogP contribution is 2.12. The quantitative estimate of drug-likeness (QED) is 0.660. The molecule has 1 heterocycles. The molecule has 13 heavy (non-hydrogen) atoms. The van der Waals surface area contributed by atoms with Crippen LogP contribution in [-0.2, 0) is 11.3 Å². The van der Waals surface area contributed by atoms with Crippen LogP contribution >= 0.6 is 0 Å². The number of pyridine rings is 1. The molecule has 0 radical (unpaired) electrons. The van der Waals surface area contributed by atoms with Crippen molar-refractivity contribution in [1.29, 1.82) is 5.26 Å². The minimum Gasteiger partial charge on any atom is -0.859 e. The van der Waals surface area contributed by atoms with Gasteiger partial charge in [-0.25, -0.2) is 0 Å². The zero-order valence-electron chi connectivity index (χ0n) is 6.96. The first kappa shape index (κ1) is 9.29. The summed E-state index contributed by atoms with van der Waals surface area (Å²) in [6, 6.07) is 2.90. The Labute approximate surface area is 74.2 Å². The highest BCUT2D eigenvalue weighted by Gasteiger charge is 2.03. The largest absolute Gasteiger partial charge is 0.859 e. The van der Waals surface area contributed by atoms with Gasteiger partial charge in [-0.1, -0.05) is 0 Å². The predicted octanol–water partition coefficient (Wildman–Crippen LogP) is -0.533. The van der Waals surface area contributed by atoms with Crippen LogP contribution in [0.3, 0.4) is 0 Å². The Morgan fingerprint density at radius 3 is 3.00 bits per heavy atom. The molecule has 0 saturated heterocycles. The van der Waals surface area contributed by atoms with Crippen LogP contribution in [-0.4, -0.2) is 12.1 Å². The van der Waals surface area contributed by atoms with Crippen molar-refractivity contribution in [3.63, 3.8) is 0 Å². The molecule has 0 fully saturated rings. The second kappa shape index (κ2) is 3.74. The van der Waals surface area contributed by atoms with Crippen molar-refractivity contribution < 1.29 is 9.84 Å². The first-order valence-electron chi connectivity index (χ1n) is 3.51. The van der Waals surface area contributed by atoms with Gasteiger partial charge in [0.2, 0.25) is 5.56 Å². The summed E-state index contributed by atoms with van der Waals surface area (Å²) in [6.07, 6.45) is 0. The van der Waals surface area contributed by atoms with E-state index in [0.29, 0.717) is 5.56 Å².